The standard InChI is InChI=1S/C16H21N3O2S.2ClH/c1-17-9-12-2-5-19(6-3-12)15(20)8-14-11-22-16(18-14)13-4-7-21-10-13;;/h4,7,10-12,17H,2-3,5-6,8-9H2,1H3;2*1H. The van der Waals surface area contributed by atoms with Crippen LogP contribution < -0.4 is 5.32 Å². The van der Waals surface area contributed by atoms with Gasteiger partial charge in [-0.1, -0.05) is 0 Å². The number of hydrogen-bond donors (Lipinski definition) is 1. The van der Waals surface area contributed by atoms with Gasteiger partial charge in [0.15, 0.2) is 0 Å². The molecule has 1 saturated heterocycles. The number of rotatable bonds is 5. The Kier molecular flexibility index (Phi) is 8.76. The third-order valence-corrected chi connectivity index (χ3v) is 5.05. The number of thiazole rings is 1. The van der Waals surface area contributed by atoms with Crippen molar-refractivity contribution in [3.63, 3.8) is 0 Å². The van der Waals surface area contributed by atoms with E-state index in [4.69, 9.17) is 4.42 Å². The van der Waals surface area contributed by atoms with E-state index in [2.05, 4.69) is 10.3 Å². The fraction of sp³-hybridized carbons (Fsp3) is 0.500. The average Bonchev–Trinajstić information content (AvgIpc) is 3.19. The number of aromatic nitrogens is 1. The molecule has 2 aromatic rings. The summed E-state index contributed by atoms with van der Waals surface area (Å²) < 4.78 is 5.07. The molecule has 0 aliphatic carbocycles. The van der Waals surface area contributed by atoms with Gasteiger partial charge in [-0.25, -0.2) is 4.98 Å². The summed E-state index contributed by atoms with van der Waals surface area (Å²) in [7, 11) is 1.98. The Bertz CT molecular complexity index is 611. The molecule has 3 rings (SSSR count). The lowest BCUT2D eigenvalue weighted by Crippen LogP contribution is -2.41. The minimum absolute atomic E-state index is 0. The molecule has 1 aliphatic heterocycles. The quantitative estimate of drug-likeness (QED) is 0.849. The predicted molar refractivity (Wildman–Crippen MR) is 101 cm³/mol. The molecular formula is C16H23Cl2N3O2S. The Hall–Kier alpha value is -1.08. The highest BCUT2D eigenvalue weighted by molar-refractivity contribution is 7.13. The van der Waals surface area contributed by atoms with Gasteiger partial charge in [0.25, 0.3) is 0 Å². The van der Waals surface area contributed by atoms with Crippen LogP contribution >= 0.6 is 36.2 Å². The van der Waals surface area contributed by atoms with E-state index >= 15 is 0 Å². The zero-order valence-electron chi connectivity index (χ0n) is 13.6. The van der Waals surface area contributed by atoms with Gasteiger partial charge in [-0.15, -0.1) is 36.2 Å². The lowest BCUT2D eigenvalue weighted by atomic mass is 9.96. The van der Waals surface area contributed by atoms with Crippen molar-refractivity contribution in [2.24, 2.45) is 5.92 Å². The van der Waals surface area contributed by atoms with Gasteiger partial charge in [0.1, 0.15) is 11.3 Å². The summed E-state index contributed by atoms with van der Waals surface area (Å²) >= 11 is 1.55. The maximum Gasteiger partial charge on any atom is 0.228 e. The molecule has 0 aromatic carbocycles. The van der Waals surface area contributed by atoms with Crippen LogP contribution in [0.2, 0.25) is 0 Å². The molecule has 1 N–H and O–H groups in total. The molecule has 8 heteroatoms. The van der Waals surface area contributed by atoms with Crippen LogP contribution in [-0.2, 0) is 11.2 Å². The van der Waals surface area contributed by atoms with Gasteiger partial charge in [-0.2, -0.15) is 0 Å². The van der Waals surface area contributed by atoms with Gasteiger partial charge in [0.05, 0.1) is 18.4 Å². The fourth-order valence-electron chi connectivity index (χ4n) is 2.85. The van der Waals surface area contributed by atoms with Crippen molar-refractivity contribution in [2.45, 2.75) is 19.3 Å². The number of nitrogens with one attached hydrogen (secondary N) is 1. The van der Waals surface area contributed by atoms with Gasteiger partial charge in [-0.05, 0) is 38.4 Å². The number of likely N-dealkylation sites (tertiary alicyclic amines) is 1. The number of carbonyl (C=O) groups excluding carboxylic acids is 1. The summed E-state index contributed by atoms with van der Waals surface area (Å²) in [6.07, 6.45) is 5.88. The Morgan fingerprint density at radius 1 is 1.42 bits per heavy atom. The van der Waals surface area contributed by atoms with Crippen LogP contribution in [0.25, 0.3) is 10.6 Å². The molecule has 0 atom stereocenters. The third kappa shape index (κ3) is 5.21. The lowest BCUT2D eigenvalue weighted by Gasteiger charge is -2.31. The first kappa shape index (κ1) is 21.0. The van der Waals surface area contributed by atoms with Crippen molar-refractivity contribution in [3.05, 3.63) is 29.7 Å². The number of amides is 1. The van der Waals surface area contributed by atoms with E-state index in [0.717, 1.165) is 48.7 Å². The fourth-order valence-corrected chi connectivity index (χ4v) is 3.65. The van der Waals surface area contributed by atoms with Crippen LogP contribution in [0.4, 0.5) is 0 Å². The zero-order valence-corrected chi connectivity index (χ0v) is 16.0. The van der Waals surface area contributed by atoms with Crippen molar-refractivity contribution in [1.29, 1.82) is 0 Å². The number of furan rings is 1. The first-order valence-electron chi connectivity index (χ1n) is 7.65. The molecule has 3 heterocycles. The number of carbonyl (C=O) groups is 1. The monoisotopic (exact) mass is 391 g/mol. The van der Waals surface area contributed by atoms with Crippen molar-refractivity contribution in [1.82, 2.24) is 15.2 Å². The summed E-state index contributed by atoms with van der Waals surface area (Å²) in [5.74, 6) is 0.882. The number of nitrogens with zero attached hydrogens (tertiary/aromatic N) is 2. The smallest absolute Gasteiger partial charge is 0.228 e. The maximum absolute atomic E-state index is 12.4. The van der Waals surface area contributed by atoms with E-state index in [1.807, 2.05) is 23.4 Å². The van der Waals surface area contributed by atoms with E-state index in [1.165, 1.54) is 0 Å². The predicted octanol–water partition coefficient (Wildman–Crippen LogP) is 3.25. The summed E-state index contributed by atoms with van der Waals surface area (Å²) in [6, 6.07) is 1.89. The van der Waals surface area contributed by atoms with E-state index in [9.17, 15) is 4.79 Å². The molecule has 1 fully saturated rings. The summed E-state index contributed by atoms with van der Waals surface area (Å²) in [6.45, 7) is 2.77. The van der Waals surface area contributed by atoms with Gasteiger partial charge >= 0.3 is 0 Å². The second-order valence-corrected chi connectivity index (χ2v) is 6.57. The zero-order chi connectivity index (χ0) is 15.4. The van der Waals surface area contributed by atoms with Crippen LogP contribution in [0.15, 0.2) is 28.4 Å². The van der Waals surface area contributed by atoms with Crippen molar-refractivity contribution in [2.75, 3.05) is 26.7 Å². The Balaban J connectivity index is 0.00000144. The third-order valence-electron chi connectivity index (χ3n) is 4.11. The van der Waals surface area contributed by atoms with E-state index in [-0.39, 0.29) is 30.7 Å². The second-order valence-electron chi connectivity index (χ2n) is 5.71. The number of halogens is 2. The highest BCUT2D eigenvalue weighted by Gasteiger charge is 2.23. The van der Waals surface area contributed by atoms with Crippen molar-refractivity contribution in [3.8, 4) is 10.6 Å². The Morgan fingerprint density at radius 3 is 2.79 bits per heavy atom. The number of hydrogen-bond acceptors (Lipinski definition) is 5. The topological polar surface area (TPSA) is 58.4 Å². The average molecular weight is 392 g/mol. The molecule has 24 heavy (non-hydrogen) atoms. The molecule has 0 unspecified atom stereocenters. The molecule has 1 aliphatic rings. The lowest BCUT2D eigenvalue weighted by molar-refractivity contribution is -0.131. The van der Waals surface area contributed by atoms with Crippen LogP contribution in [0.5, 0.6) is 0 Å². The molecule has 0 saturated carbocycles. The first-order valence-corrected chi connectivity index (χ1v) is 8.53. The van der Waals surface area contributed by atoms with Gasteiger partial charge in [-0.3, -0.25) is 4.79 Å². The van der Waals surface area contributed by atoms with Gasteiger partial charge in [0.2, 0.25) is 5.91 Å². The van der Waals surface area contributed by atoms with Crippen molar-refractivity contribution < 1.29 is 9.21 Å². The molecule has 0 spiro atoms. The van der Waals surface area contributed by atoms with Crippen LogP contribution in [0, 0.1) is 5.92 Å². The normalized spacial score (nSPS) is 14.8. The van der Waals surface area contributed by atoms with E-state index in [0.29, 0.717) is 12.3 Å². The summed E-state index contributed by atoms with van der Waals surface area (Å²) in [5, 5.41) is 6.09. The van der Waals surface area contributed by atoms with Crippen LogP contribution in [0.3, 0.4) is 0 Å². The molecule has 5 nitrogen and oxygen atoms in total. The van der Waals surface area contributed by atoms with Crippen LogP contribution in [-0.4, -0.2) is 42.5 Å². The minimum atomic E-state index is 0. The molecule has 1 amide bonds. The Morgan fingerprint density at radius 2 is 2.17 bits per heavy atom. The molecular weight excluding hydrogens is 369 g/mol. The summed E-state index contributed by atoms with van der Waals surface area (Å²) in [4.78, 5) is 18.9. The maximum atomic E-state index is 12.4. The SMILES string of the molecule is CNCC1CCN(C(=O)Cc2csc(-c3ccoc3)n2)CC1.Cl.Cl. The van der Waals surface area contributed by atoms with Gasteiger partial charge < -0.3 is 14.6 Å². The summed E-state index contributed by atoms with van der Waals surface area (Å²) in [5.41, 5.74) is 1.82. The van der Waals surface area contributed by atoms with E-state index < -0.39 is 0 Å². The van der Waals surface area contributed by atoms with Crippen molar-refractivity contribution >= 4 is 42.1 Å². The molecule has 0 radical (unpaired) electrons. The molecule has 0 bridgehead atoms. The Labute approximate surface area is 158 Å². The molecule has 2 aromatic heterocycles. The highest BCUT2D eigenvalue weighted by Crippen LogP contribution is 2.24. The van der Waals surface area contributed by atoms with Crippen LogP contribution in [0.1, 0.15) is 18.5 Å². The highest BCUT2D eigenvalue weighted by atomic mass is 35.5. The second kappa shape index (κ2) is 10.0. The number of piperidine rings is 1. The molecule has 134 valence electrons. The largest absolute Gasteiger partial charge is 0.472 e. The minimum Gasteiger partial charge on any atom is -0.472 e. The van der Waals surface area contributed by atoms with E-state index in [1.54, 1.807) is 23.9 Å². The van der Waals surface area contributed by atoms with Gasteiger partial charge in [0, 0.05) is 24.0 Å². The first-order chi connectivity index (χ1) is 10.8.